The van der Waals surface area contributed by atoms with Gasteiger partial charge in [-0.1, -0.05) is 30.3 Å². The standard InChI is InChI=1S/C18H19NO3S/c1-13-7-6-10-17(14(13)2)19(18(20)15-11-12-15)23(21,22)16-8-4-3-5-9-16/h3-10,15H,11-12H2,1-2H3. The summed E-state index contributed by atoms with van der Waals surface area (Å²) in [5.41, 5.74) is 2.21. The lowest BCUT2D eigenvalue weighted by molar-refractivity contribution is -0.118. The Morgan fingerprint density at radius 2 is 1.65 bits per heavy atom. The van der Waals surface area contributed by atoms with Crippen LogP contribution in [0.3, 0.4) is 0 Å². The number of hydrogen-bond donors (Lipinski definition) is 0. The molecular weight excluding hydrogens is 310 g/mol. The van der Waals surface area contributed by atoms with Crippen LogP contribution in [0.15, 0.2) is 53.4 Å². The quantitative estimate of drug-likeness (QED) is 0.863. The molecule has 0 radical (unpaired) electrons. The summed E-state index contributed by atoms with van der Waals surface area (Å²) in [5.74, 6) is -0.518. The van der Waals surface area contributed by atoms with E-state index < -0.39 is 10.0 Å². The normalized spacial score (nSPS) is 14.5. The van der Waals surface area contributed by atoms with Crippen molar-refractivity contribution in [2.45, 2.75) is 31.6 Å². The summed E-state index contributed by atoms with van der Waals surface area (Å²) in [6.45, 7) is 3.76. The highest BCUT2D eigenvalue weighted by atomic mass is 32.2. The molecule has 1 aliphatic carbocycles. The maximum absolute atomic E-state index is 13.1. The number of sulfonamides is 1. The summed E-state index contributed by atoms with van der Waals surface area (Å²) in [7, 11) is -3.91. The van der Waals surface area contributed by atoms with Crippen molar-refractivity contribution in [2.24, 2.45) is 5.92 Å². The molecule has 0 unspecified atom stereocenters. The largest absolute Gasteiger partial charge is 0.273 e. The first-order valence-electron chi connectivity index (χ1n) is 7.63. The molecule has 2 aromatic carbocycles. The molecule has 0 aromatic heterocycles. The third-order valence-corrected chi connectivity index (χ3v) is 5.93. The van der Waals surface area contributed by atoms with Gasteiger partial charge in [-0.05, 0) is 56.0 Å². The van der Waals surface area contributed by atoms with Gasteiger partial charge in [0.25, 0.3) is 10.0 Å². The van der Waals surface area contributed by atoms with Crippen LogP contribution in [0.5, 0.6) is 0 Å². The number of anilines is 1. The third-order valence-electron chi connectivity index (χ3n) is 4.20. The van der Waals surface area contributed by atoms with Gasteiger partial charge in [0, 0.05) is 5.92 Å². The number of hydrogen-bond acceptors (Lipinski definition) is 3. The summed E-state index contributed by atoms with van der Waals surface area (Å²) in [6, 6.07) is 13.5. The molecule has 0 atom stereocenters. The molecule has 0 heterocycles. The SMILES string of the molecule is Cc1cccc(N(C(=O)C2CC2)S(=O)(=O)c2ccccc2)c1C. The predicted molar refractivity (Wildman–Crippen MR) is 89.8 cm³/mol. The van der Waals surface area contributed by atoms with E-state index in [9.17, 15) is 13.2 Å². The zero-order chi connectivity index (χ0) is 16.6. The number of benzene rings is 2. The van der Waals surface area contributed by atoms with Gasteiger partial charge >= 0.3 is 0 Å². The van der Waals surface area contributed by atoms with Crippen molar-refractivity contribution in [3.05, 3.63) is 59.7 Å². The Bertz CT molecular complexity index is 840. The number of aryl methyl sites for hydroxylation is 1. The van der Waals surface area contributed by atoms with E-state index in [2.05, 4.69) is 0 Å². The topological polar surface area (TPSA) is 54.5 Å². The summed E-state index contributed by atoms with van der Waals surface area (Å²) < 4.78 is 27.2. The average Bonchev–Trinajstić information content (AvgIpc) is 3.37. The van der Waals surface area contributed by atoms with Crippen molar-refractivity contribution >= 4 is 21.6 Å². The third kappa shape index (κ3) is 2.88. The van der Waals surface area contributed by atoms with Crippen LogP contribution < -0.4 is 4.31 Å². The fourth-order valence-corrected chi connectivity index (χ4v) is 4.07. The van der Waals surface area contributed by atoms with Crippen LogP contribution in [0.4, 0.5) is 5.69 Å². The fraction of sp³-hybridized carbons (Fsp3) is 0.278. The molecule has 5 heteroatoms. The zero-order valence-corrected chi connectivity index (χ0v) is 14.0. The number of amides is 1. The van der Waals surface area contributed by atoms with Crippen LogP contribution in [0.1, 0.15) is 24.0 Å². The molecule has 23 heavy (non-hydrogen) atoms. The van der Waals surface area contributed by atoms with E-state index >= 15 is 0 Å². The Morgan fingerprint density at radius 1 is 1.00 bits per heavy atom. The molecule has 1 amide bonds. The highest BCUT2D eigenvalue weighted by Gasteiger charge is 2.40. The summed E-state index contributed by atoms with van der Waals surface area (Å²) in [4.78, 5) is 12.9. The highest BCUT2D eigenvalue weighted by Crippen LogP contribution is 2.37. The molecule has 0 spiro atoms. The van der Waals surface area contributed by atoms with Crippen molar-refractivity contribution in [2.75, 3.05) is 4.31 Å². The van der Waals surface area contributed by atoms with Crippen LogP contribution in [0.25, 0.3) is 0 Å². The Labute approximate surface area is 136 Å². The van der Waals surface area contributed by atoms with E-state index in [-0.39, 0.29) is 16.7 Å². The van der Waals surface area contributed by atoms with Crippen molar-refractivity contribution in [3.8, 4) is 0 Å². The Kier molecular flexibility index (Phi) is 3.98. The molecule has 0 N–H and O–H groups in total. The molecule has 4 nitrogen and oxygen atoms in total. The first-order valence-corrected chi connectivity index (χ1v) is 9.07. The second-order valence-corrected chi connectivity index (χ2v) is 7.70. The Morgan fingerprint density at radius 3 is 2.26 bits per heavy atom. The Balaban J connectivity index is 2.17. The molecule has 0 bridgehead atoms. The smallest absolute Gasteiger partial charge is 0.270 e. The predicted octanol–water partition coefficient (Wildman–Crippen LogP) is 3.44. The molecule has 2 aromatic rings. The first kappa shape index (κ1) is 15.7. The summed E-state index contributed by atoms with van der Waals surface area (Å²) in [6.07, 6.45) is 1.51. The second-order valence-electron chi connectivity index (χ2n) is 5.91. The van der Waals surface area contributed by atoms with Gasteiger partial charge in [0.15, 0.2) is 0 Å². The Hall–Kier alpha value is -2.14. The molecule has 1 aliphatic rings. The minimum Gasteiger partial charge on any atom is -0.273 e. The van der Waals surface area contributed by atoms with Gasteiger partial charge in [-0.25, -0.2) is 12.7 Å². The highest BCUT2D eigenvalue weighted by molar-refractivity contribution is 7.93. The van der Waals surface area contributed by atoms with Crippen molar-refractivity contribution in [1.82, 2.24) is 0 Å². The molecule has 0 saturated heterocycles. The van der Waals surface area contributed by atoms with E-state index in [1.165, 1.54) is 12.1 Å². The van der Waals surface area contributed by atoms with E-state index in [1.54, 1.807) is 30.3 Å². The maximum atomic E-state index is 13.1. The van der Waals surface area contributed by atoms with E-state index in [1.807, 2.05) is 19.9 Å². The van der Waals surface area contributed by atoms with Gasteiger partial charge in [0.05, 0.1) is 10.6 Å². The van der Waals surface area contributed by atoms with Crippen molar-refractivity contribution < 1.29 is 13.2 Å². The molecule has 120 valence electrons. The molecule has 1 saturated carbocycles. The number of carbonyl (C=O) groups excluding carboxylic acids is 1. The number of rotatable bonds is 4. The minimum atomic E-state index is -3.91. The van der Waals surface area contributed by atoms with E-state index in [0.29, 0.717) is 5.69 Å². The number of carbonyl (C=O) groups is 1. The lowest BCUT2D eigenvalue weighted by Gasteiger charge is -2.25. The van der Waals surface area contributed by atoms with Gasteiger partial charge < -0.3 is 0 Å². The molecule has 1 fully saturated rings. The van der Waals surface area contributed by atoms with Crippen LogP contribution in [0, 0.1) is 19.8 Å². The van der Waals surface area contributed by atoms with E-state index in [0.717, 1.165) is 28.3 Å². The van der Waals surface area contributed by atoms with Gasteiger partial charge in [0.2, 0.25) is 5.91 Å². The van der Waals surface area contributed by atoms with Crippen LogP contribution in [-0.2, 0) is 14.8 Å². The lowest BCUT2D eigenvalue weighted by Crippen LogP contribution is -2.38. The van der Waals surface area contributed by atoms with Crippen LogP contribution in [0.2, 0.25) is 0 Å². The first-order chi connectivity index (χ1) is 10.9. The summed E-state index contributed by atoms with van der Waals surface area (Å²) in [5, 5.41) is 0. The number of nitrogens with zero attached hydrogens (tertiary/aromatic N) is 1. The van der Waals surface area contributed by atoms with Gasteiger partial charge in [-0.3, -0.25) is 4.79 Å². The van der Waals surface area contributed by atoms with Gasteiger partial charge in [-0.2, -0.15) is 0 Å². The molecule has 3 rings (SSSR count). The fourth-order valence-electron chi connectivity index (χ4n) is 2.52. The maximum Gasteiger partial charge on any atom is 0.270 e. The van der Waals surface area contributed by atoms with Gasteiger partial charge in [0.1, 0.15) is 0 Å². The second kappa shape index (κ2) is 5.81. The lowest BCUT2D eigenvalue weighted by atomic mass is 10.1. The van der Waals surface area contributed by atoms with E-state index in [4.69, 9.17) is 0 Å². The average molecular weight is 329 g/mol. The molecule has 0 aliphatic heterocycles. The zero-order valence-electron chi connectivity index (χ0n) is 13.2. The van der Waals surface area contributed by atoms with Crippen LogP contribution in [-0.4, -0.2) is 14.3 Å². The van der Waals surface area contributed by atoms with Crippen molar-refractivity contribution in [1.29, 1.82) is 0 Å². The molecular formula is C18H19NO3S. The van der Waals surface area contributed by atoms with Crippen molar-refractivity contribution in [3.63, 3.8) is 0 Å². The van der Waals surface area contributed by atoms with Gasteiger partial charge in [-0.15, -0.1) is 0 Å². The van der Waals surface area contributed by atoms with Crippen LogP contribution >= 0.6 is 0 Å². The minimum absolute atomic E-state index is 0.134. The monoisotopic (exact) mass is 329 g/mol. The summed E-state index contributed by atoms with van der Waals surface area (Å²) >= 11 is 0.